The summed E-state index contributed by atoms with van der Waals surface area (Å²) >= 11 is 0. The third-order valence-electron chi connectivity index (χ3n) is 3.02. The molecule has 86 valence electrons. The van der Waals surface area contributed by atoms with Crippen molar-refractivity contribution in [2.45, 2.75) is 25.8 Å². The van der Waals surface area contributed by atoms with Crippen molar-refractivity contribution < 1.29 is 4.92 Å². The number of nitrogen functional groups attached to an aromatic ring is 1. The average Bonchev–Trinajstić information content (AvgIpc) is 2.63. The Morgan fingerprint density at radius 3 is 2.81 bits per heavy atom. The van der Waals surface area contributed by atoms with Crippen LogP contribution in [-0.4, -0.2) is 17.5 Å². The molecule has 0 amide bonds. The lowest BCUT2D eigenvalue weighted by Crippen LogP contribution is -2.26. The molecule has 1 saturated heterocycles. The van der Waals surface area contributed by atoms with Crippen LogP contribution in [0, 0.1) is 10.1 Å². The quantitative estimate of drug-likeness (QED) is 0.472. The highest BCUT2D eigenvalue weighted by Crippen LogP contribution is 2.30. The van der Waals surface area contributed by atoms with Crippen molar-refractivity contribution >= 4 is 17.1 Å². The lowest BCUT2D eigenvalue weighted by Gasteiger charge is -2.23. The van der Waals surface area contributed by atoms with Crippen LogP contribution < -0.4 is 10.6 Å². The average molecular weight is 221 g/mol. The summed E-state index contributed by atoms with van der Waals surface area (Å²) in [5.74, 6) is 0. The number of non-ortho nitro benzene ring substituents is 1. The fourth-order valence-electron chi connectivity index (χ4n) is 2.21. The van der Waals surface area contributed by atoms with Gasteiger partial charge < -0.3 is 10.6 Å². The fourth-order valence-corrected chi connectivity index (χ4v) is 2.21. The van der Waals surface area contributed by atoms with Gasteiger partial charge in [0, 0.05) is 36.1 Å². The molecule has 5 heteroatoms. The zero-order chi connectivity index (χ0) is 11.7. The zero-order valence-corrected chi connectivity index (χ0v) is 9.22. The van der Waals surface area contributed by atoms with Gasteiger partial charge in [-0.05, 0) is 25.8 Å². The number of nitro groups is 1. The van der Waals surface area contributed by atoms with Crippen molar-refractivity contribution in [3.63, 3.8) is 0 Å². The molecular formula is C11H15N3O2. The van der Waals surface area contributed by atoms with Crippen LogP contribution in [0.2, 0.25) is 0 Å². The van der Waals surface area contributed by atoms with Gasteiger partial charge in [-0.2, -0.15) is 0 Å². The Hall–Kier alpha value is -1.78. The van der Waals surface area contributed by atoms with Crippen LogP contribution in [0.3, 0.4) is 0 Å². The van der Waals surface area contributed by atoms with Crippen LogP contribution in [0.15, 0.2) is 18.2 Å². The minimum absolute atomic E-state index is 0.0640. The Kier molecular flexibility index (Phi) is 2.68. The summed E-state index contributed by atoms with van der Waals surface area (Å²) in [6.07, 6.45) is 2.26. The minimum Gasteiger partial charge on any atom is -0.398 e. The normalized spacial score (nSPS) is 20.1. The molecule has 0 spiro atoms. The summed E-state index contributed by atoms with van der Waals surface area (Å²) in [5, 5.41) is 10.7. The number of benzene rings is 1. The van der Waals surface area contributed by atoms with E-state index in [-0.39, 0.29) is 5.69 Å². The smallest absolute Gasteiger partial charge is 0.273 e. The number of anilines is 2. The molecule has 1 aromatic carbocycles. The number of rotatable bonds is 2. The van der Waals surface area contributed by atoms with E-state index >= 15 is 0 Å². The molecule has 2 rings (SSSR count). The number of hydrogen-bond donors (Lipinski definition) is 1. The van der Waals surface area contributed by atoms with Crippen molar-refractivity contribution in [3.8, 4) is 0 Å². The highest BCUT2D eigenvalue weighted by atomic mass is 16.6. The first-order chi connectivity index (χ1) is 7.58. The Labute approximate surface area is 94.0 Å². The van der Waals surface area contributed by atoms with Crippen molar-refractivity contribution in [2.24, 2.45) is 0 Å². The predicted molar refractivity (Wildman–Crippen MR) is 63.6 cm³/mol. The molecular weight excluding hydrogens is 206 g/mol. The SMILES string of the molecule is CC1CCCN1c1cc(N)cc([N+](=O)[O-])c1. The van der Waals surface area contributed by atoms with Crippen LogP contribution in [0.4, 0.5) is 17.1 Å². The van der Waals surface area contributed by atoms with Crippen LogP contribution in [-0.2, 0) is 0 Å². The molecule has 5 nitrogen and oxygen atoms in total. The molecule has 1 heterocycles. The zero-order valence-electron chi connectivity index (χ0n) is 9.22. The summed E-state index contributed by atoms with van der Waals surface area (Å²) < 4.78 is 0. The molecule has 2 N–H and O–H groups in total. The Bertz CT molecular complexity index is 420. The van der Waals surface area contributed by atoms with Gasteiger partial charge in [-0.25, -0.2) is 0 Å². The molecule has 1 aliphatic heterocycles. The first-order valence-corrected chi connectivity index (χ1v) is 5.39. The first-order valence-electron chi connectivity index (χ1n) is 5.39. The summed E-state index contributed by atoms with van der Waals surface area (Å²) in [4.78, 5) is 12.5. The second-order valence-electron chi connectivity index (χ2n) is 4.22. The van der Waals surface area contributed by atoms with Crippen LogP contribution in [0.5, 0.6) is 0 Å². The Balaban J connectivity index is 2.37. The molecule has 1 unspecified atom stereocenters. The molecule has 0 bridgehead atoms. The van der Waals surface area contributed by atoms with Gasteiger partial charge in [-0.3, -0.25) is 10.1 Å². The Morgan fingerprint density at radius 2 is 2.25 bits per heavy atom. The molecule has 1 aromatic rings. The molecule has 1 atom stereocenters. The van der Waals surface area contributed by atoms with E-state index in [0.717, 1.165) is 25.1 Å². The van der Waals surface area contributed by atoms with Gasteiger partial charge in [0.2, 0.25) is 0 Å². The summed E-state index contributed by atoms with van der Waals surface area (Å²) in [7, 11) is 0. The van der Waals surface area contributed by atoms with E-state index in [0.29, 0.717) is 11.7 Å². The van der Waals surface area contributed by atoms with Crippen molar-refractivity contribution in [1.82, 2.24) is 0 Å². The first kappa shape index (κ1) is 10.7. The van der Waals surface area contributed by atoms with Crippen LogP contribution in [0.1, 0.15) is 19.8 Å². The van der Waals surface area contributed by atoms with E-state index in [1.807, 2.05) is 0 Å². The minimum atomic E-state index is -0.402. The maximum Gasteiger partial charge on any atom is 0.273 e. The van der Waals surface area contributed by atoms with E-state index < -0.39 is 4.92 Å². The molecule has 1 fully saturated rings. The van der Waals surface area contributed by atoms with E-state index in [2.05, 4.69) is 11.8 Å². The van der Waals surface area contributed by atoms with E-state index in [9.17, 15) is 10.1 Å². The Morgan fingerprint density at radius 1 is 1.50 bits per heavy atom. The van der Waals surface area contributed by atoms with E-state index in [1.165, 1.54) is 6.07 Å². The number of nitrogens with zero attached hydrogens (tertiary/aromatic N) is 2. The van der Waals surface area contributed by atoms with Crippen LogP contribution in [0.25, 0.3) is 0 Å². The topological polar surface area (TPSA) is 72.4 Å². The third-order valence-corrected chi connectivity index (χ3v) is 3.02. The lowest BCUT2D eigenvalue weighted by atomic mass is 10.2. The molecule has 0 saturated carbocycles. The van der Waals surface area contributed by atoms with Crippen LogP contribution >= 0.6 is 0 Å². The summed E-state index contributed by atoms with van der Waals surface area (Å²) in [6, 6.07) is 5.22. The van der Waals surface area contributed by atoms with Gasteiger partial charge in [-0.15, -0.1) is 0 Å². The second-order valence-corrected chi connectivity index (χ2v) is 4.22. The monoisotopic (exact) mass is 221 g/mol. The molecule has 0 aromatic heterocycles. The standard InChI is InChI=1S/C11H15N3O2/c1-8-3-2-4-13(8)10-5-9(12)6-11(7-10)14(15)16/h5-8H,2-4,12H2,1H3. The van der Waals surface area contributed by atoms with Gasteiger partial charge in [0.05, 0.1) is 4.92 Å². The fraction of sp³-hybridized carbons (Fsp3) is 0.455. The van der Waals surface area contributed by atoms with Gasteiger partial charge >= 0.3 is 0 Å². The second kappa shape index (κ2) is 4.00. The maximum absolute atomic E-state index is 10.7. The maximum atomic E-state index is 10.7. The highest BCUT2D eigenvalue weighted by molar-refractivity contribution is 5.63. The summed E-state index contributed by atoms with van der Waals surface area (Å²) in [5.41, 5.74) is 7.05. The highest BCUT2D eigenvalue weighted by Gasteiger charge is 2.22. The third kappa shape index (κ3) is 1.93. The molecule has 0 aliphatic carbocycles. The van der Waals surface area contributed by atoms with E-state index in [4.69, 9.17) is 5.73 Å². The number of nitro benzene ring substituents is 1. The van der Waals surface area contributed by atoms with Crippen molar-refractivity contribution in [2.75, 3.05) is 17.2 Å². The summed E-state index contributed by atoms with van der Waals surface area (Å²) in [6.45, 7) is 3.07. The van der Waals surface area contributed by atoms with Gasteiger partial charge in [-0.1, -0.05) is 0 Å². The van der Waals surface area contributed by atoms with Gasteiger partial charge in [0.15, 0.2) is 0 Å². The lowest BCUT2D eigenvalue weighted by molar-refractivity contribution is -0.384. The number of hydrogen-bond acceptors (Lipinski definition) is 4. The van der Waals surface area contributed by atoms with Gasteiger partial charge in [0.1, 0.15) is 0 Å². The number of nitrogens with two attached hydrogens (primary N) is 1. The predicted octanol–water partition coefficient (Wildman–Crippen LogP) is 2.17. The largest absolute Gasteiger partial charge is 0.398 e. The van der Waals surface area contributed by atoms with Crippen molar-refractivity contribution in [3.05, 3.63) is 28.3 Å². The van der Waals surface area contributed by atoms with E-state index in [1.54, 1.807) is 12.1 Å². The van der Waals surface area contributed by atoms with Gasteiger partial charge in [0.25, 0.3) is 5.69 Å². The molecule has 16 heavy (non-hydrogen) atoms. The molecule has 0 radical (unpaired) electrons. The van der Waals surface area contributed by atoms with Crippen molar-refractivity contribution in [1.29, 1.82) is 0 Å². The molecule has 1 aliphatic rings.